The Morgan fingerprint density at radius 1 is 0.906 bits per heavy atom. The van der Waals surface area contributed by atoms with Crippen molar-refractivity contribution >= 4 is 22.4 Å². The zero-order valence-corrected chi connectivity index (χ0v) is 17.3. The minimum atomic E-state index is -0.167. The smallest absolute Gasteiger partial charge is 0.255 e. The van der Waals surface area contributed by atoms with Gasteiger partial charge in [-0.25, -0.2) is 9.67 Å². The van der Waals surface area contributed by atoms with Gasteiger partial charge in [0.05, 0.1) is 0 Å². The van der Waals surface area contributed by atoms with Crippen molar-refractivity contribution in [2.24, 2.45) is 0 Å². The second-order valence-corrected chi connectivity index (χ2v) is 7.20. The number of anilines is 1. The van der Waals surface area contributed by atoms with Crippen molar-refractivity contribution in [3.05, 3.63) is 103 Å². The van der Waals surface area contributed by atoms with Gasteiger partial charge in [-0.05, 0) is 60.2 Å². The third-order valence-electron chi connectivity index (χ3n) is 4.89. The van der Waals surface area contributed by atoms with Crippen LogP contribution in [0.15, 0.2) is 91.3 Å². The summed E-state index contributed by atoms with van der Waals surface area (Å²) in [5.74, 6) is 2.04. The number of fused-ring (bicyclic) bond motifs is 1. The highest BCUT2D eigenvalue weighted by Crippen LogP contribution is 2.24. The maximum atomic E-state index is 12.7. The first-order valence-corrected chi connectivity index (χ1v) is 10.1. The molecule has 0 aliphatic heterocycles. The van der Waals surface area contributed by atoms with E-state index in [1.807, 2.05) is 48.5 Å². The van der Waals surface area contributed by atoms with Gasteiger partial charge in [0.1, 0.15) is 11.6 Å². The molecule has 7 nitrogen and oxygen atoms in total. The van der Waals surface area contributed by atoms with E-state index in [0.29, 0.717) is 34.5 Å². The van der Waals surface area contributed by atoms with Crippen molar-refractivity contribution in [3.8, 4) is 17.4 Å². The number of amides is 1. The van der Waals surface area contributed by atoms with Crippen LogP contribution in [0.4, 0.5) is 5.69 Å². The number of ether oxygens (including phenoxy) is 1. The monoisotopic (exact) mass is 421 g/mol. The van der Waals surface area contributed by atoms with Crippen LogP contribution in [-0.2, 0) is 0 Å². The van der Waals surface area contributed by atoms with Crippen LogP contribution < -0.4 is 10.1 Å². The first kappa shape index (κ1) is 19.4. The van der Waals surface area contributed by atoms with E-state index in [-0.39, 0.29) is 5.91 Å². The molecular formula is C25H19N5O2. The van der Waals surface area contributed by atoms with E-state index in [1.165, 1.54) is 0 Å². The van der Waals surface area contributed by atoms with E-state index in [9.17, 15) is 4.79 Å². The number of nitrogens with one attached hydrogen (secondary N) is 1. The minimum absolute atomic E-state index is 0.167. The lowest BCUT2D eigenvalue weighted by Gasteiger charge is -2.10. The number of rotatable bonds is 5. The number of hydrogen-bond acceptors (Lipinski definition) is 5. The average Bonchev–Trinajstić information content (AvgIpc) is 3.35. The largest absolute Gasteiger partial charge is 0.439 e. The molecular weight excluding hydrogens is 402 g/mol. The van der Waals surface area contributed by atoms with Gasteiger partial charge >= 0.3 is 0 Å². The third-order valence-corrected chi connectivity index (χ3v) is 4.89. The number of carbonyl (C=O) groups is 1. The van der Waals surface area contributed by atoms with E-state index < -0.39 is 0 Å². The van der Waals surface area contributed by atoms with Crippen molar-refractivity contribution in [2.45, 2.75) is 6.92 Å². The Hall–Kier alpha value is -4.52. The summed E-state index contributed by atoms with van der Waals surface area (Å²) in [7, 11) is 0. The lowest BCUT2D eigenvalue weighted by atomic mass is 10.1. The Labute approximate surface area is 184 Å². The maximum absolute atomic E-state index is 12.7. The van der Waals surface area contributed by atoms with Crippen LogP contribution >= 0.6 is 0 Å². The van der Waals surface area contributed by atoms with E-state index in [2.05, 4.69) is 20.4 Å². The summed E-state index contributed by atoms with van der Waals surface area (Å²) in [5, 5.41) is 9.23. The quantitative estimate of drug-likeness (QED) is 0.423. The van der Waals surface area contributed by atoms with Crippen LogP contribution in [0.2, 0.25) is 0 Å². The molecule has 2 aromatic heterocycles. The minimum Gasteiger partial charge on any atom is -0.439 e. The van der Waals surface area contributed by atoms with Crippen molar-refractivity contribution in [1.29, 1.82) is 0 Å². The maximum Gasteiger partial charge on any atom is 0.255 e. The molecule has 0 aliphatic rings. The molecule has 1 N–H and O–H groups in total. The zero-order chi connectivity index (χ0) is 21.9. The number of nitrogens with zero attached hydrogens (tertiary/aromatic N) is 4. The van der Waals surface area contributed by atoms with Gasteiger partial charge < -0.3 is 10.1 Å². The Morgan fingerprint density at radius 3 is 2.50 bits per heavy atom. The Bertz CT molecular complexity index is 1400. The molecule has 2 heterocycles. The standard InChI is InChI=1S/C25H19N5O2/c1-17-27-23(30-14-4-13-26-30)16-24(28-17)32-22-11-9-21(10-12-22)29-25(31)20-8-7-18-5-2-3-6-19(18)15-20/h2-16H,1H3,(H,29,31). The van der Waals surface area contributed by atoms with Crippen LogP contribution in [0.25, 0.3) is 16.6 Å². The highest BCUT2D eigenvalue weighted by molar-refractivity contribution is 6.06. The van der Waals surface area contributed by atoms with E-state index in [4.69, 9.17) is 4.74 Å². The van der Waals surface area contributed by atoms with Crippen LogP contribution in [0.5, 0.6) is 11.6 Å². The number of benzene rings is 3. The lowest BCUT2D eigenvalue weighted by molar-refractivity contribution is 0.102. The fourth-order valence-corrected chi connectivity index (χ4v) is 3.36. The number of carbonyl (C=O) groups excluding carboxylic acids is 1. The summed E-state index contributed by atoms with van der Waals surface area (Å²) in [6.07, 6.45) is 3.49. The van der Waals surface area contributed by atoms with Crippen molar-refractivity contribution in [1.82, 2.24) is 19.7 Å². The normalized spacial score (nSPS) is 10.8. The van der Waals surface area contributed by atoms with Gasteiger partial charge in [-0.3, -0.25) is 4.79 Å². The molecule has 0 unspecified atom stereocenters. The van der Waals surface area contributed by atoms with E-state index in [1.54, 1.807) is 54.3 Å². The molecule has 3 aromatic carbocycles. The van der Waals surface area contributed by atoms with Gasteiger partial charge in [0.15, 0.2) is 5.82 Å². The van der Waals surface area contributed by atoms with Gasteiger partial charge in [-0.15, -0.1) is 0 Å². The molecule has 5 rings (SSSR count). The van der Waals surface area contributed by atoms with E-state index in [0.717, 1.165) is 10.8 Å². The zero-order valence-electron chi connectivity index (χ0n) is 17.3. The molecule has 1 amide bonds. The Morgan fingerprint density at radius 2 is 1.72 bits per heavy atom. The summed E-state index contributed by atoms with van der Waals surface area (Å²) in [6.45, 7) is 1.80. The third kappa shape index (κ3) is 4.17. The van der Waals surface area contributed by atoms with Crippen LogP contribution in [0, 0.1) is 6.92 Å². The summed E-state index contributed by atoms with van der Waals surface area (Å²) < 4.78 is 7.53. The molecule has 0 saturated heterocycles. The second kappa shape index (κ2) is 8.31. The molecule has 7 heteroatoms. The molecule has 5 aromatic rings. The number of aryl methyl sites for hydroxylation is 1. The van der Waals surface area contributed by atoms with Crippen molar-refractivity contribution in [2.75, 3.05) is 5.32 Å². The summed E-state index contributed by atoms with van der Waals surface area (Å²) in [5.41, 5.74) is 1.28. The van der Waals surface area contributed by atoms with E-state index >= 15 is 0 Å². The Balaban J connectivity index is 1.29. The topological polar surface area (TPSA) is 81.9 Å². The molecule has 0 spiro atoms. The van der Waals surface area contributed by atoms with Gasteiger partial charge in [0.2, 0.25) is 5.88 Å². The highest BCUT2D eigenvalue weighted by Gasteiger charge is 2.09. The predicted molar refractivity (Wildman–Crippen MR) is 122 cm³/mol. The fraction of sp³-hybridized carbons (Fsp3) is 0.0400. The molecule has 32 heavy (non-hydrogen) atoms. The first-order valence-electron chi connectivity index (χ1n) is 10.1. The summed E-state index contributed by atoms with van der Waals surface area (Å²) in [4.78, 5) is 21.4. The molecule has 0 atom stereocenters. The number of hydrogen-bond donors (Lipinski definition) is 1. The van der Waals surface area contributed by atoms with Crippen molar-refractivity contribution < 1.29 is 9.53 Å². The SMILES string of the molecule is Cc1nc(Oc2ccc(NC(=O)c3ccc4ccccc4c3)cc2)cc(-n2cccn2)n1. The molecule has 0 saturated carbocycles. The van der Waals surface area contributed by atoms with Gasteiger partial charge in [-0.1, -0.05) is 30.3 Å². The fourth-order valence-electron chi connectivity index (χ4n) is 3.36. The average molecular weight is 421 g/mol. The number of aromatic nitrogens is 4. The molecule has 0 bridgehead atoms. The van der Waals surface area contributed by atoms with Crippen LogP contribution in [0.1, 0.15) is 16.2 Å². The summed E-state index contributed by atoms with van der Waals surface area (Å²) >= 11 is 0. The van der Waals surface area contributed by atoms with Gasteiger partial charge in [0.25, 0.3) is 5.91 Å². The second-order valence-electron chi connectivity index (χ2n) is 7.20. The molecule has 0 aliphatic carbocycles. The van der Waals surface area contributed by atoms with Crippen LogP contribution in [-0.4, -0.2) is 25.7 Å². The van der Waals surface area contributed by atoms with Crippen LogP contribution in [0.3, 0.4) is 0 Å². The van der Waals surface area contributed by atoms with Crippen molar-refractivity contribution in [3.63, 3.8) is 0 Å². The first-order chi connectivity index (χ1) is 15.6. The molecule has 156 valence electrons. The summed E-state index contributed by atoms with van der Waals surface area (Å²) in [6, 6.07) is 24.3. The van der Waals surface area contributed by atoms with Gasteiger partial charge in [-0.2, -0.15) is 10.1 Å². The molecule has 0 fully saturated rings. The lowest BCUT2D eigenvalue weighted by Crippen LogP contribution is -2.11. The highest BCUT2D eigenvalue weighted by atomic mass is 16.5. The van der Waals surface area contributed by atoms with Gasteiger partial charge in [0, 0.05) is 29.7 Å². The molecule has 0 radical (unpaired) electrons. The Kier molecular flexibility index (Phi) is 5.05. The predicted octanol–water partition coefficient (Wildman–Crippen LogP) is 5.17.